The minimum absolute atomic E-state index is 0.0506. The first kappa shape index (κ1) is 58.4. The Morgan fingerprint density at radius 2 is 0.943 bits per heavy atom. The van der Waals surface area contributed by atoms with Gasteiger partial charge in [0.15, 0.2) is 0 Å². The maximum absolute atomic E-state index is 12.5. The zero-order valence-electron chi connectivity index (χ0n) is 45.4. The largest absolute Gasteiger partial charge is 0.374 e. The Labute approximate surface area is 424 Å². The predicted molar refractivity (Wildman–Crippen MR) is 276 cm³/mol. The molecule has 3 N–H and O–H groups in total. The summed E-state index contributed by atoms with van der Waals surface area (Å²) in [6.45, 7) is 33.2. The van der Waals surface area contributed by atoms with Crippen molar-refractivity contribution in [2.24, 2.45) is 41.4 Å². The lowest BCUT2D eigenvalue weighted by Gasteiger charge is -2.38. The minimum Gasteiger partial charge on any atom is -0.374 e. The van der Waals surface area contributed by atoms with Crippen molar-refractivity contribution >= 4 is 23.6 Å². The first-order valence-corrected chi connectivity index (χ1v) is 28.0. The Kier molecular flexibility index (Phi) is 25.6. The van der Waals surface area contributed by atoms with Gasteiger partial charge in [-0.1, -0.05) is 61.8 Å². The second-order valence-electron chi connectivity index (χ2n) is 22.9. The van der Waals surface area contributed by atoms with Crippen LogP contribution in [0.3, 0.4) is 0 Å². The molecule has 0 aromatic heterocycles. The number of rotatable bonds is 9. The van der Waals surface area contributed by atoms with Gasteiger partial charge in [0.1, 0.15) is 0 Å². The molecule has 4 amide bonds. The summed E-state index contributed by atoms with van der Waals surface area (Å²) in [5.74, 6) is 4.17. The normalized spacial score (nSPS) is 29.6. The number of likely N-dealkylation sites (tertiary alicyclic amines) is 1. The molecule has 0 aromatic carbocycles. The zero-order valence-corrected chi connectivity index (χ0v) is 45.4. The average molecular weight is 989 g/mol. The van der Waals surface area contributed by atoms with E-state index in [1.807, 2.05) is 19.6 Å². The predicted octanol–water partition coefficient (Wildman–Crippen LogP) is 4.35. The van der Waals surface area contributed by atoms with Crippen molar-refractivity contribution in [3.8, 4) is 0 Å². The summed E-state index contributed by atoms with van der Waals surface area (Å²) < 4.78 is 22.8. The van der Waals surface area contributed by atoms with E-state index in [4.69, 9.17) is 18.9 Å². The summed E-state index contributed by atoms with van der Waals surface area (Å²) in [5.41, 5.74) is 0. The third-order valence-corrected chi connectivity index (χ3v) is 15.8. The molecule has 8 aliphatic heterocycles. The number of piperidine rings is 4. The van der Waals surface area contributed by atoms with E-state index < -0.39 is 0 Å². The standard InChI is InChI=1S/2C14H26N2O2.2C13H24N2O2/c1-11(2)13-10-16(7-8-18-13)14(17)12-5-4-6-15(3)9-12;1-11(2)13-10-16(7-8-18-13)14(17)9-12-3-5-15-6-4-12;1-10(2)12-9-15(6-7-17-12)13(16)11-4-3-5-14-8-11;1-10(2)12-9-15(7-8-17-12)13(16)11-5-3-4-6-14-11/h11-13H,4-10H2,1-3H3;11-13,15H,3-10H2,1-2H3;2*10-12,14H,3-9H2,1-2H3. The number of hydrogen-bond acceptors (Lipinski definition) is 12. The summed E-state index contributed by atoms with van der Waals surface area (Å²) >= 11 is 0. The monoisotopic (exact) mass is 989 g/mol. The van der Waals surface area contributed by atoms with Crippen molar-refractivity contribution in [1.29, 1.82) is 0 Å². The number of ether oxygens (including phenoxy) is 4. The van der Waals surface area contributed by atoms with Crippen LogP contribution < -0.4 is 16.0 Å². The Bertz CT molecular complexity index is 1480. The molecule has 0 spiro atoms. The molecule has 8 rings (SSSR count). The molecule has 0 aliphatic carbocycles. The lowest BCUT2D eigenvalue weighted by atomic mass is 9.94. The molecular weight excluding hydrogens is 889 g/mol. The van der Waals surface area contributed by atoms with Crippen LogP contribution in [0.5, 0.6) is 0 Å². The molecular formula is C54H100N8O8. The van der Waals surface area contributed by atoms with Gasteiger partial charge < -0.3 is 59.4 Å². The molecule has 8 saturated heterocycles. The number of amides is 4. The minimum atomic E-state index is 0.0506. The van der Waals surface area contributed by atoms with Crippen LogP contribution in [-0.2, 0) is 38.1 Å². The van der Waals surface area contributed by atoms with Gasteiger partial charge in [-0.25, -0.2) is 0 Å². The average Bonchev–Trinajstić information content (AvgIpc) is 3.39. The highest BCUT2D eigenvalue weighted by Crippen LogP contribution is 2.24. The van der Waals surface area contributed by atoms with Crippen molar-refractivity contribution < 1.29 is 38.1 Å². The lowest BCUT2D eigenvalue weighted by molar-refractivity contribution is -0.146. The van der Waals surface area contributed by atoms with Crippen molar-refractivity contribution in [2.75, 3.05) is 132 Å². The summed E-state index contributed by atoms with van der Waals surface area (Å²) in [6, 6.07) is 0.0506. The van der Waals surface area contributed by atoms with Gasteiger partial charge in [0, 0.05) is 71.9 Å². The third-order valence-electron chi connectivity index (χ3n) is 15.8. The number of hydrogen-bond donors (Lipinski definition) is 3. The van der Waals surface area contributed by atoms with Crippen LogP contribution in [0, 0.1) is 41.4 Å². The molecule has 0 saturated carbocycles. The van der Waals surface area contributed by atoms with E-state index in [2.05, 4.69) is 83.3 Å². The van der Waals surface area contributed by atoms with Gasteiger partial charge in [-0.05, 0) is 121 Å². The van der Waals surface area contributed by atoms with E-state index in [1.54, 1.807) is 0 Å². The molecule has 0 aromatic rings. The lowest BCUT2D eigenvalue weighted by Crippen LogP contribution is -2.54. The van der Waals surface area contributed by atoms with Crippen molar-refractivity contribution in [3.05, 3.63) is 0 Å². The quantitative estimate of drug-likeness (QED) is 0.301. The number of nitrogens with zero attached hydrogens (tertiary/aromatic N) is 5. The molecule has 7 atom stereocenters. The summed E-state index contributed by atoms with van der Waals surface area (Å²) in [5, 5.41) is 9.98. The van der Waals surface area contributed by atoms with Crippen LogP contribution in [0.15, 0.2) is 0 Å². The second-order valence-corrected chi connectivity index (χ2v) is 22.9. The molecule has 404 valence electrons. The Balaban J connectivity index is 0.000000174. The fourth-order valence-electron chi connectivity index (χ4n) is 10.8. The van der Waals surface area contributed by atoms with Crippen LogP contribution in [0.25, 0.3) is 0 Å². The maximum atomic E-state index is 12.5. The van der Waals surface area contributed by atoms with Gasteiger partial charge in [-0.15, -0.1) is 0 Å². The molecule has 16 heteroatoms. The first-order chi connectivity index (χ1) is 33.6. The Morgan fingerprint density at radius 1 is 0.471 bits per heavy atom. The molecule has 8 aliphatic rings. The van der Waals surface area contributed by atoms with Gasteiger partial charge >= 0.3 is 0 Å². The smallest absolute Gasteiger partial charge is 0.239 e. The fraction of sp³-hybridized carbons (Fsp3) is 0.926. The topological polar surface area (TPSA) is 157 Å². The van der Waals surface area contributed by atoms with Gasteiger partial charge in [0.2, 0.25) is 23.6 Å². The number of morpholine rings is 4. The first-order valence-electron chi connectivity index (χ1n) is 28.0. The van der Waals surface area contributed by atoms with Crippen LogP contribution in [0.2, 0.25) is 0 Å². The fourth-order valence-corrected chi connectivity index (χ4v) is 10.8. The van der Waals surface area contributed by atoms with E-state index in [9.17, 15) is 19.2 Å². The molecule has 0 bridgehead atoms. The molecule has 16 nitrogen and oxygen atoms in total. The van der Waals surface area contributed by atoms with E-state index in [0.717, 1.165) is 150 Å². The van der Waals surface area contributed by atoms with Crippen molar-refractivity contribution in [2.45, 2.75) is 150 Å². The SMILES string of the molecule is CC(C)C1CN(C(=O)C2CCCCN2)CCO1.CC(C)C1CN(C(=O)C2CCCN(C)C2)CCO1.CC(C)C1CN(C(=O)C2CCCNC2)CCO1.CC(C)C1CN(C(=O)CC2CCNCC2)CCO1. The third kappa shape index (κ3) is 19.1. The molecule has 7 unspecified atom stereocenters. The number of carbonyl (C=O) groups excluding carboxylic acids is 4. The highest BCUT2D eigenvalue weighted by Gasteiger charge is 2.35. The van der Waals surface area contributed by atoms with Gasteiger partial charge in [-0.3, -0.25) is 19.2 Å². The summed E-state index contributed by atoms with van der Waals surface area (Å²) in [6.07, 6.45) is 11.6. The van der Waals surface area contributed by atoms with Crippen molar-refractivity contribution in [1.82, 2.24) is 40.4 Å². The van der Waals surface area contributed by atoms with E-state index in [0.29, 0.717) is 73.7 Å². The van der Waals surface area contributed by atoms with Crippen molar-refractivity contribution in [3.63, 3.8) is 0 Å². The van der Waals surface area contributed by atoms with E-state index in [1.165, 1.54) is 12.8 Å². The molecule has 8 heterocycles. The Morgan fingerprint density at radius 3 is 1.40 bits per heavy atom. The maximum Gasteiger partial charge on any atom is 0.239 e. The van der Waals surface area contributed by atoms with Crippen LogP contribution >= 0.6 is 0 Å². The van der Waals surface area contributed by atoms with Crippen LogP contribution in [0.1, 0.15) is 120 Å². The molecule has 0 radical (unpaired) electrons. The summed E-state index contributed by atoms with van der Waals surface area (Å²) in [4.78, 5) is 59.8. The molecule has 70 heavy (non-hydrogen) atoms. The van der Waals surface area contributed by atoms with E-state index >= 15 is 0 Å². The van der Waals surface area contributed by atoms with Gasteiger partial charge in [0.25, 0.3) is 0 Å². The highest BCUT2D eigenvalue weighted by molar-refractivity contribution is 5.82. The number of nitrogens with one attached hydrogen (secondary N) is 3. The number of carbonyl (C=O) groups is 4. The highest BCUT2D eigenvalue weighted by atomic mass is 16.5. The second kappa shape index (κ2) is 30.7. The zero-order chi connectivity index (χ0) is 50.6. The van der Waals surface area contributed by atoms with E-state index in [-0.39, 0.29) is 48.2 Å². The van der Waals surface area contributed by atoms with Gasteiger partial charge in [0.05, 0.1) is 68.7 Å². The van der Waals surface area contributed by atoms with Gasteiger partial charge in [-0.2, -0.15) is 0 Å². The van der Waals surface area contributed by atoms with Crippen LogP contribution in [-0.4, -0.2) is 210 Å². The summed E-state index contributed by atoms with van der Waals surface area (Å²) in [7, 11) is 2.11. The molecule has 8 fully saturated rings. The Hall–Kier alpha value is -2.44. The van der Waals surface area contributed by atoms with Crippen LogP contribution in [0.4, 0.5) is 0 Å².